The minimum Gasteiger partial charge on any atom is -0.256 e. The highest BCUT2D eigenvalue weighted by atomic mass is 32.2. The minimum absolute atomic E-state index is 0.611. The van der Waals surface area contributed by atoms with Gasteiger partial charge in [-0.15, -0.1) is 0 Å². The van der Waals surface area contributed by atoms with Crippen LogP contribution in [0.3, 0.4) is 0 Å². The summed E-state index contributed by atoms with van der Waals surface area (Å²) in [5.74, 6) is 1.90. The molecule has 5 heteroatoms. The molecule has 1 spiro atoms. The van der Waals surface area contributed by atoms with Crippen molar-refractivity contribution in [1.82, 2.24) is 19.9 Å². The van der Waals surface area contributed by atoms with E-state index in [0.29, 0.717) is 17.5 Å². The maximum absolute atomic E-state index is 5.33. The van der Waals surface area contributed by atoms with Gasteiger partial charge >= 0.3 is 0 Å². The van der Waals surface area contributed by atoms with Crippen LogP contribution in [-0.4, -0.2) is 19.9 Å². The van der Waals surface area contributed by atoms with Gasteiger partial charge in [-0.3, -0.25) is 4.98 Å². The van der Waals surface area contributed by atoms with E-state index in [2.05, 4.69) is 158 Å². The maximum Gasteiger partial charge on any atom is 0.164 e. The molecule has 0 N–H and O–H groups in total. The van der Waals surface area contributed by atoms with Gasteiger partial charge in [-0.25, -0.2) is 15.0 Å². The third kappa shape index (κ3) is 5.19. The van der Waals surface area contributed by atoms with E-state index in [9.17, 15) is 0 Å². The first-order chi connectivity index (χ1) is 29.8. The molecule has 280 valence electrons. The Morgan fingerprint density at radius 2 is 0.817 bits per heavy atom. The van der Waals surface area contributed by atoms with Crippen LogP contribution in [-0.2, 0) is 5.41 Å². The topological polar surface area (TPSA) is 51.6 Å². The smallest absolute Gasteiger partial charge is 0.164 e. The largest absolute Gasteiger partial charge is 0.256 e. The second kappa shape index (κ2) is 13.8. The molecule has 0 saturated carbocycles. The molecule has 0 unspecified atom stereocenters. The molecule has 1 aliphatic carbocycles. The van der Waals surface area contributed by atoms with Crippen molar-refractivity contribution in [3.05, 3.63) is 229 Å². The number of benzene rings is 8. The number of hydrogen-bond acceptors (Lipinski definition) is 5. The van der Waals surface area contributed by atoms with Gasteiger partial charge in [-0.05, 0) is 68.3 Å². The normalized spacial score (nSPS) is 13.1. The Hall–Kier alpha value is -7.47. The van der Waals surface area contributed by atoms with E-state index in [4.69, 9.17) is 19.9 Å². The molecule has 2 aromatic heterocycles. The Kier molecular flexibility index (Phi) is 7.97. The van der Waals surface area contributed by atoms with Gasteiger partial charge in [-0.1, -0.05) is 194 Å². The lowest BCUT2D eigenvalue weighted by atomic mass is 9.67. The number of rotatable bonds is 5. The second-order valence-corrected chi connectivity index (χ2v) is 16.3. The van der Waals surface area contributed by atoms with Crippen LogP contribution in [0.25, 0.3) is 78.4 Å². The van der Waals surface area contributed by atoms with Gasteiger partial charge in [0.15, 0.2) is 17.5 Å². The third-order valence-electron chi connectivity index (χ3n) is 12.1. The molecular weight excluding hydrogens is 749 g/mol. The molecule has 12 rings (SSSR count). The van der Waals surface area contributed by atoms with Crippen LogP contribution in [0.5, 0.6) is 0 Å². The fourth-order valence-electron chi connectivity index (χ4n) is 9.59. The average molecular weight is 783 g/mol. The Morgan fingerprint density at radius 3 is 1.43 bits per heavy atom. The van der Waals surface area contributed by atoms with E-state index in [0.717, 1.165) is 55.4 Å². The van der Waals surface area contributed by atoms with Crippen molar-refractivity contribution in [3.8, 4) is 67.5 Å². The third-order valence-corrected chi connectivity index (χ3v) is 13.2. The van der Waals surface area contributed by atoms with Crippen molar-refractivity contribution in [2.75, 3.05) is 0 Å². The van der Waals surface area contributed by atoms with Gasteiger partial charge in [-0.2, -0.15) is 0 Å². The molecule has 0 radical (unpaired) electrons. The lowest BCUT2D eigenvalue weighted by Crippen LogP contribution is -2.31. The molecule has 4 nitrogen and oxygen atoms in total. The quantitative estimate of drug-likeness (QED) is 0.174. The van der Waals surface area contributed by atoms with Crippen molar-refractivity contribution in [2.45, 2.75) is 15.2 Å². The van der Waals surface area contributed by atoms with Gasteiger partial charge < -0.3 is 0 Å². The molecular formula is C55H34N4S. The summed E-state index contributed by atoms with van der Waals surface area (Å²) < 4.78 is 0. The summed E-state index contributed by atoms with van der Waals surface area (Å²) in [7, 11) is 0. The summed E-state index contributed by atoms with van der Waals surface area (Å²) in [6.07, 6.45) is 1.91. The Morgan fingerprint density at radius 1 is 0.333 bits per heavy atom. The van der Waals surface area contributed by atoms with Gasteiger partial charge in [0.1, 0.15) is 0 Å². The predicted octanol–water partition coefficient (Wildman–Crippen LogP) is 13.6. The molecule has 0 fully saturated rings. The van der Waals surface area contributed by atoms with Crippen molar-refractivity contribution in [3.63, 3.8) is 0 Å². The number of fused-ring (bicyclic) bond motifs is 10. The second-order valence-electron chi connectivity index (χ2n) is 15.3. The first kappa shape index (κ1) is 34.6. The van der Waals surface area contributed by atoms with E-state index in [1.165, 1.54) is 37.6 Å². The van der Waals surface area contributed by atoms with E-state index in [1.54, 1.807) is 0 Å². The summed E-state index contributed by atoms with van der Waals surface area (Å²) >= 11 is 1.85. The summed E-state index contributed by atoms with van der Waals surface area (Å²) in [6, 6.07) is 71.3. The zero-order valence-electron chi connectivity index (χ0n) is 32.3. The van der Waals surface area contributed by atoms with E-state index in [1.807, 2.05) is 60.4 Å². The summed E-state index contributed by atoms with van der Waals surface area (Å²) in [5, 5.41) is 1.11. The standard InChI is InChI=1S/C55H34N4S/c1-4-17-35(18-5-1)38-32-33-41(51-40(38)25-16-34-56-51)39-23-14-28-45-49(39)50-42(54-58-52(36-19-6-2-7-20-36)57-53(59-54)37-21-8-3-9-22-37)24-15-29-46(50)55(45)43-26-10-12-30-47(43)60-48-31-13-11-27-44(48)55/h1-34H. The zero-order chi connectivity index (χ0) is 39.6. The van der Waals surface area contributed by atoms with Crippen LogP contribution in [0.2, 0.25) is 0 Å². The first-order valence-electron chi connectivity index (χ1n) is 20.2. The highest BCUT2D eigenvalue weighted by Crippen LogP contribution is 2.64. The Balaban J connectivity index is 1.21. The van der Waals surface area contributed by atoms with Crippen molar-refractivity contribution >= 4 is 22.7 Å². The Labute approximate surface area is 352 Å². The monoisotopic (exact) mass is 782 g/mol. The number of hydrogen-bond donors (Lipinski definition) is 0. The molecule has 3 heterocycles. The van der Waals surface area contributed by atoms with Crippen LogP contribution >= 0.6 is 11.8 Å². The predicted molar refractivity (Wildman–Crippen MR) is 244 cm³/mol. The lowest BCUT2D eigenvalue weighted by molar-refractivity contribution is 0.722. The van der Waals surface area contributed by atoms with Crippen LogP contribution < -0.4 is 0 Å². The first-order valence-corrected chi connectivity index (χ1v) is 21.0. The number of nitrogens with zero attached hydrogens (tertiary/aromatic N) is 4. The highest BCUT2D eigenvalue weighted by Gasteiger charge is 2.51. The maximum atomic E-state index is 5.33. The molecule has 8 aromatic carbocycles. The van der Waals surface area contributed by atoms with E-state index >= 15 is 0 Å². The van der Waals surface area contributed by atoms with Crippen molar-refractivity contribution in [2.24, 2.45) is 0 Å². The fraction of sp³-hybridized carbons (Fsp3) is 0.0182. The molecule has 0 amide bonds. The van der Waals surface area contributed by atoms with Crippen LogP contribution in [0.1, 0.15) is 22.3 Å². The van der Waals surface area contributed by atoms with E-state index < -0.39 is 5.41 Å². The highest BCUT2D eigenvalue weighted by molar-refractivity contribution is 7.99. The van der Waals surface area contributed by atoms with Gasteiger partial charge in [0, 0.05) is 43.6 Å². The summed E-state index contributed by atoms with van der Waals surface area (Å²) in [4.78, 5) is 23.4. The van der Waals surface area contributed by atoms with Crippen molar-refractivity contribution < 1.29 is 0 Å². The number of pyridine rings is 1. The Bertz CT molecular complexity index is 3190. The SMILES string of the molecule is c1ccc(-c2nc(-c3ccccc3)nc(-c3cccc4c3-c3c(-c5ccc(-c6ccccc6)c6cccnc56)cccc3C43c4ccccc4Sc4ccccc43)n2)cc1. The molecule has 0 saturated heterocycles. The van der Waals surface area contributed by atoms with Crippen LogP contribution in [0.15, 0.2) is 216 Å². The van der Waals surface area contributed by atoms with Gasteiger partial charge in [0.05, 0.1) is 10.9 Å². The molecule has 0 bridgehead atoms. The van der Waals surface area contributed by atoms with Crippen LogP contribution in [0, 0.1) is 0 Å². The molecule has 0 atom stereocenters. The van der Waals surface area contributed by atoms with Crippen molar-refractivity contribution in [1.29, 1.82) is 0 Å². The zero-order valence-corrected chi connectivity index (χ0v) is 33.1. The van der Waals surface area contributed by atoms with Gasteiger partial charge in [0.25, 0.3) is 0 Å². The average Bonchev–Trinajstić information content (AvgIpc) is 3.63. The summed E-state index contributed by atoms with van der Waals surface area (Å²) in [6.45, 7) is 0. The fourth-order valence-corrected chi connectivity index (χ4v) is 10.8. The number of aromatic nitrogens is 4. The molecule has 10 aromatic rings. The molecule has 60 heavy (non-hydrogen) atoms. The summed E-state index contributed by atoms with van der Waals surface area (Å²) in [5.41, 5.74) is 15.0. The van der Waals surface area contributed by atoms with Gasteiger partial charge in [0.2, 0.25) is 0 Å². The lowest BCUT2D eigenvalue weighted by Gasteiger charge is -2.39. The minimum atomic E-state index is -0.611. The molecule has 2 aliphatic rings. The van der Waals surface area contributed by atoms with E-state index in [-0.39, 0.29) is 0 Å². The van der Waals surface area contributed by atoms with Crippen LogP contribution in [0.4, 0.5) is 0 Å². The molecule has 1 aliphatic heterocycles.